The van der Waals surface area contributed by atoms with Crippen LogP contribution in [0, 0.1) is 0 Å². The lowest BCUT2D eigenvalue weighted by Crippen LogP contribution is -2.29. The molecule has 1 atom stereocenters. The molecule has 1 saturated carbocycles. The number of hydrogen-bond donors (Lipinski definition) is 2. The number of benzene rings is 1. The Balaban J connectivity index is 1.63. The van der Waals surface area contributed by atoms with Crippen molar-refractivity contribution in [3.63, 3.8) is 0 Å². The molecule has 1 unspecified atom stereocenters. The third-order valence-corrected chi connectivity index (χ3v) is 5.74. The van der Waals surface area contributed by atoms with Gasteiger partial charge in [-0.25, -0.2) is 4.98 Å². The fraction of sp³-hybridized carbons (Fsp3) is 0.471. The van der Waals surface area contributed by atoms with Crippen molar-refractivity contribution in [3.05, 3.63) is 45.9 Å². The topological polar surface area (TPSA) is 50.9 Å². The van der Waals surface area contributed by atoms with Crippen molar-refractivity contribution in [2.45, 2.75) is 44.6 Å². The smallest absolute Gasteiger partial charge is 0.109 e. The molecule has 1 heterocycles. The minimum atomic E-state index is 0.312. The lowest BCUT2D eigenvalue weighted by Gasteiger charge is -2.19. The second kappa shape index (κ2) is 5.78. The number of aromatic nitrogens is 1. The summed E-state index contributed by atoms with van der Waals surface area (Å²) < 4.78 is 0. The van der Waals surface area contributed by atoms with E-state index in [2.05, 4.69) is 36.3 Å². The normalized spacial score (nSPS) is 17.6. The highest BCUT2D eigenvalue weighted by Crippen LogP contribution is 2.48. The van der Waals surface area contributed by atoms with Crippen molar-refractivity contribution < 1.29 is 0 Å². The Labute approximate surface area is 130 Å². The number of nitrogens with one attached hydrogen (secondary N) is 1. The molecule has 1 aromatic heterocycles. The zero-order valence-electron chi connectivity index (χ0n) is 12.7. The van der Waals surface area contributed by atoms with Crippen LogP contribution in [0.25, 0.3) is 0 Å². The summed E-state index contributed by atoms with van der Waals surface area (Å²) in [5.41, 5.74) is 8.34. The lowest BCUT2D eigenvalue weighted by molar-refractivity contribution is 0.509. The third kappa shape index (κ3) is 3.11. The Hall–Kier alpha value is -1.39. The molecule has 0 bridgehead atoms. The van der Waals surface area contributed by atoms with Crippen molar-refractivity contribution >= 4 is 17.0 Å². The summed E-state index contributed by atoms with van der Waals surface area (Å²) in [7, 11) is 0. The minimum absolute atomic E-state index is 0.312. The molecule has 4 heteroatoms. The van der Waals surface area contributed by atoms with Crippen LogP contribution in [-0.2, 0) is 11.8 Å². The average Bonchev–Trinajstić information content (AvgIpc) is 3.13. The highest BCUT2D eigenvalue weighted by atomic mass is 32.1. The first kappa shape index (κ1) is 14.5. The van der Waals surface area contributed by atoms with E-state index in [4.69, 9.17) is 5.73 Å². The van der Waals surface area contributed by atoms with Gasteiger partial charge in [0.25, 0.3) is 0 Å². The zero-order valence-corrected chi connectivity index (χ0v) is 13.5. The molecule has 0 radical (unpaired) electrons. The first-order chi connectivity index (χ1) is 10.1. The molecule has 3 N–H and O–H groups in total. The first-order valence-electron chi connectivity index (χ1n) is 7.67. The molecule has 0 aliphatic heterocycles. The van der Waals surface area contributed by atoms with E-state index in [0.29, 0.717) is 11.5 Å². The molecule has 0 amide bonds. The second-order valence-electron chi connectivity index (χ2n) is 6.02. The number of hydrogen-bond acceptors (Lipinski definition) is 4. The summed E-state index contributed by atoms with van der Waals surface area (Å²) in [6, 6.07) is 8.68. The average molecular weight is 301 g/mol. The van der Waals surface area contributed by atoms with Crippen molar-refractivity contribution in [2.75, 3.05) is 12.3 Å². The molecule has 1 aromatic carbocycles. The van der Waals surface area contributed by atoms with Gasteiger partial charge in [-0.15, -0.1) is 11.3 Å². The van der Waals surface area contributed by atoms with Crippen molar-refractivity contribution in [2.24, 2.45) is 0 Å². The quantitative estimate of drug-likeness (QED) is 0.800. The standard InChI is InChI=1S/C17H23N3S/c1-3-15-10-19-16(21-15)12(2)20-11-17(8-9-17)13-4-6-14(18)7-5-13/h4-7,10,12,20H,3,8-9,11,18H2,1-2H3. The lowest BCUT2D eigenvalue weighted by atomic mass is 9.95. The summed E-state index contributed by atoms with van der Waals surface area (Å²) in [6.45, 7) is 5.39. The molecule has 0 saturated heterocycles. The maximum absolute atomic E-state index is 5.78. The van der Waals surface area contributed by atoms with Gasteiger partial charge in [-0.2, -0.15) is 0 Å². The van der Waals surface area contributed by atoms with Crippen molar-refractivity contribution in [1.29, 1.82) is 0 Å². The highest BCUT2D eigenvalue weighted by Gasteiger charge is 2.44. The maximum atomic E-state index is 5.78. The Kier molecular flexibility index (Phi) is 4.00. The number of nitrogen functional groups attached to an aromatic ring is 1. The van der Waals surface area contributed by atoms with E-state index in [-0.39, 0.29) is 0 Å². The van der Waals surface area contributed by atoms with E-state index in [1.54, 1.807) is 0 Å². The molecule has 3 rings (SSSR count). The van der Waals surface area contributed by atoms with Gasteiger partial charge in [0, 0.05) is 28.7 Å². The molecular weight excluding hydrogens is 278 g/mol. The van der Waals surface area contributed by atoms with Crippen LogP contribution in [0.5, 0.6) is 0 Å². The molecule has 1 aliphatic carbocycles. The van der Waals surface area contributed by atoms with Crippen LogP contribution in [0.4, 0.5) is 5.69 Å². The first-order valence-corrected chi connectivity index (χ1v) is 8.48. The van der Waals surface area contributed by atoms with Gasteiger partial charge in [0.1, 0.15) is 5.01 Å². The molecule has 1 aliphatic rings. The number of nitrogens with two attached hydrogens (primary N) is 1. The summed E-state index contributed by atoms with van der Waals surface area (Å²) in [5, 5.41) is 4.86. The number of anilines is 1. The van der Waals surface area contributed by atoms with Crippen LogP contribution in [0.2, 0.25) is 0 Å². The fourth-order valence-electron chi connectivity index (χ4n) is 2.68. The summed E-state index contributed by atoms with van der Waals surface area (Å²) in [6.07, 6.45) is 5.59. The van der Waals surface area contributed by atoms with Crippen LogP contribution in [0.3, 0.4) is 0 Å². The summed E-state index contributed by atoms with van der Waals surface area (Å²) in [5.74, 6) is 0. The maximum Gasteiger partial charge on any atom is 0.109 e. The van der Waals surface area contributed by atoms with Crippen LogP contribution in [0.1, 0.15) is 48.2 Å². The van der Waals surface area contributed by atoms with Crippen LogP contribution >= 0.6 is 11.3 Å². The molecular formula is C17H23N3S. The van der Waals surface area contributed by atoms with Crippen molar-refractivity contribution in [1.82, 2.24) is 10.3 Å². The largest absolute Gasteiger partial charge is 0.399 e. The second-order valence-corrected chi connectivity index (χ2v) is 7.17. The molecule has 1 fully saturated rings. The van der Waals surface area contributed by atoms with E-state index >= 15 is 0 Å². The van der Waals surface area contributed by atoms with Gasteiger partial charge < -0.3 is 11.1 Å². The molecule has 2 aromatic rings. The Bertz CT molecular complexity index is 599. The van der Waals surface area contributed by atoms with Crippen LogP contribution in [-0.4, -0.2) is 11.5 Å². The Morgan fingerprint density at radius 3 is 2.62 bits per heavy atom. The van der Waals surface area contributed by atoms with Gasteiger partial charge in [0.15, 0.2) is 0 Å². The molecule has 3 nitrogen and oxygen atoms in total. The molecule has 0 spiro atoms. The molecule has 21 heavy (non-hydrogen) atoms. The van der Waals surface area contributed by atoms with E-state index in [1.165, 1.54) is 28.3 Å². The minimum Gasteiger partial charge on any atom is -0.399 e. The van der Waals surface area contributed by atoms with Gasteiger partial charge in [0.05, 0.1) is 6.04 Å². The number of rotatable bonds is 6. The third-order valence-electron chi connectivity index (χ3n) is 4.41. The Morgan fingerprint density at radius 2 is 2.05 bits per heavy atom. The van der Waals surface area contributed by atoms with Gasteiger partial charge in [-0.1, -0.05) is 19.1 Å². The van der Waals surface area contributed by atoms with Crippen LogP contribution in [0.15, 0.2) is 30.5 Å². The van der Waals surface area contributed by atoms with Gasteiger partial charge in [-0.05, 0) is 43.9 Å². The van der Waals surface area contributed by atoms with E-state index < -0.39 is 0 Å². The predicted molar refractivity (Wildman–Crippen MR) is 89.7 cm³/mol. The van der Waals surface area contributed by atoms with E-state index in [1.807, 2.05) is 29.7 Å². The highest BCUT2D eigenvalue weighted by molar-refractivity contribution is 7.11. The van der Waals surface area contributed by atoms with E-state index in [9.17, 15) is 0 Å². The van der Waals surface area contributed by atoms with Gasteiger partial charge in [-0.3, -0.25) is 0 Å². The summed E-state index contributed by atoms with van der Waals surface area (Å²) in [4.78, 5) is 5.89. The van der Waals surface area contributed by atoms with Crippen LogP contribution < -0.4 is 11.1 Å². The van der Waals surface area contributed by atoms with Gasteiger partial charge >= 0.3 is 0 Å². The zero-order chi connectivity index (χ0) is 14.9. The van der Waals surface area contributed by atoms with Gasteiger partial charge in [0.2, 0.25) is 0 Å². The Morgan fingerprint density at radius 1 is 1.33 bits per heavy atom. The number of aryl methyl sites for hydroxylation is 1. The fourth-order valence-corrected chi connectivity index (χ4v) is 3.56. The SMILES string of the molecule is CCc1cnc(C(C)NCC2(c3ccc(N)cc3)CC2)s1. The predicted octanol–water partition coefficient (Wildman–Crippen LogP) is 3.67. The monoisotopic (exact) mass is 301 g/mol. The van der Waals surface area contributed by atoms with Crippen molar-refractivity contribution in [3.8, 4) is 0 Å². The number of thiazole rings is 1. The summed E-state index contributed by atoms with van der Waals surface area (Å²) >= 11 is 1.82. The number of nitrogens with zero attached hydrogens (tertiary/aromatic N) is 1. The van der Waals surface area contributed by atoms with E-state index in [0.717, 1.165) is 18.7 Å². The molecule has 112 valence electrons.